The topological polar surface area (TPSA) is 73.2 Å². The molecule has 6 nitrogen and oxygen atoms in total. The normalized spacial score (nSPS) is 11.0. The Kier molecular flexibility index (Phi) is 5.89. The number of alkyl halides is 2. The van der Waals surface area contributed by atoms with Crippen molar-refractivity contribution in [2.24, 2.45) is 0 Å². The number of hydrogen-bond donors (Lipinski definition) is 1. The molecule has 25 heavy (non-hydrogen) atoms. The smallest absolute Gasteiger partial charge is 0.341 e. The molecule has 2 rings (SSSR count). The minimum atomic E-state index is -2.73. The molecule has 0 saturated heterocycles. The third-order valence-electron chi connectivity index (χ3n) is 3.57. The van der Waals surface area contributed by atoms with Gasteiger partial charge in [0, 0.05) is 4.88 Å². The molecule has 2 aromatic rings. The number of aryl methyl sites for hydroxylation is 2. The van der Waals surface area contributed by atoms with Crippen LogP contribution in [-0.4, -0.2) is 28.3 Å². The molecule has 1 amide bonds. The minimum Gasteiger partial charge on any atom is -0.462 e. The van der Waals surface area contributed by atoms with E-state index in [1.807, 2.05) is 6.92 Å². The second kappa shape index (κ2) is 7.73. The van der Waals surface area contributed by atoms with E-state index < -0.39 is 18.3 Å². The van der Waals surface area contributed by atoms with Crippen LogP contribution < -0.4 is 5.32 Å². The number of hydrogen-bond acceptors (Lipinski definition) is 5. The first kappa shape index (κ1) is 19.0. The maximum atomic E-state index is 13.0. The van der Waals surface area contributed by atoms with E-state index in [1.54, 1.807) is 20.8 Å². The van der Waals surface area contributed by atoms with Crippen LogP contribution in [0.4, 0.5) is 13.8 Å². The first-order valence-electron chi connectivity index (χ1n) is 7.64. The van der Waals surface area contributed by atoms with Crippen LogP contribution >= 0.6 is 11.3 Å². The number of aromatic nitrogens is 2. The molecule has 0 aliphatic heterocycles. The zero-order valence-electron chi connectivity index (χ0n) is 14.4. The third kappa shape index (κ3) is 4.22. The largest absolute Gasteiger partial charge is 0.462 e. The monoisotopic (exact) mass is 371 g/mol. The van der Waals surface area contributed by atoms with Crippen molar-refractivity contribution in [2.75, 3.05) is 11.9 Å². The first-order valence-corrected chi connectivity index (χ1v) is 8.45. The Labute approximate surface area is 147 Å². The lowest BCUT2D eigenvalue weighted by atomic mass is 10.1. The minimum absolute atomic E-state index is 0.213. The number of nitrogens with one attached hydrogen (secondary N) is 1. The average molecular weight is 371 g/mol. The van der Waals surface area contributed by atoms with Gasteiger partial charge in [0.25, 0.3) is 6.43 Å². The Morgan fingerprint density at radius 3 is 2.64 bits per heavy atom. The van der Waals surface area contributed by atoms with Crippen molar-refractivity contribution < 1.29 is 23.1 Å². The Hall–Kier alpha value is -2.29. The fraction of sp³-hybridized carbons (Fsp3) is 0.438. The maximum Gasteiger partial charge on any atom is 0.341 e. The standard InChI is InChI=1S/C16H19F2N3O3S/c1-5-24-16(23)13-9(3)10(4)25-15(13)19-12(22)7-21-11(14(17)18)6-8(2)20-21/h6,14H,5,7H2,1-4H3,(H,19,22). The van der Waals surface area contributed by atoms with E-state index in [-0.39, 0.29) is 18.8 Å². The molecular weight excluding hydrogens is 352 g/mol. The SMILES string of the molecule is CCOC(=O)c1c(NC(=O)Cn2nc(C)cc2C(F)F)sc(C)c1C. The van der Waals surface area contributed by atoms with Crippen LogP contribution in [0.25, 0.3) is 0 Å². The summed E-state index contributed by atoms with van der Waals surface area (Å²) in [6.45, 7) is 6.70. The summed E-state index contributed by atoms with van der Waals surface area (Å²) < 4.78 is 31.9. The molecule has 0 aromatic carbocycles. The van der Waals surface area contributed by atoms with Crippen LogP contribution in [0.1, 0.15) is 45.5 Å². The van der Waals surface area contributed by atoms with Crippen molar-refractivity contribution in [2.45, 2.75) is 40.7 Å². The third-order valence-corrected chi connectivity index (χ3v) is 4.69. The number of esters is 1. The number of carbonyl (C=O) groups excluding carboxylic acids is 2. The first-order chi connectivity index (χ1) is 11.7. The lowest BCUT2D eigenvalue weighted by Crippen LogP contribution is -2.22. The van der Waals surface area contributed by atoms with Crippen molar-refractivity contribution in [3.8, 4) is 0 Å². The van der Waals surface area contributed by atoms with Gasteiger partial charge in [0.1, 0.15) is 17.2 Å². The van der Waals surface area contributed by atoms with Crippen LogP contribution in [0.2, 0.25) is 0 Å². The van der Waals surface area contributed by atoms with Crippen molar-refractivity contribution in [3.63, 3.8) is 0 Å². The van der Waals surface area contributed by atoms with E-state index in [4.69, 9.17) is 4.74 Å². The fourth-order valence-corrected chi connectivity index (χ4v) is 3.40. The van der Waals surface area contributed by atoms with E-state index in [2.05, 4.69) is 10.4 Å². The molecule has 0 aliphatic rings. The van der Waals surface area contributed by atoms with Gasteiger partial charge in [0.2, 0.25) is 5.91 Å². The predicted octanol–water partition coefficient (Wildman–Crippen LogP) is 3.62. The highest BCUT2D eigenvalue weighted by molar-refractivity contribution is 7.16. The molecule has 0 fully saturated rings. The quantitative estimate of drug-likeness (QED) is 0.787. The van der Waals surface area contributed by atoms with E-state index in [9.17, 15) is 18.4 Å². The molecule has 0 aliphatic carbocycles. The summed E-state index contributed by atoms with van der Waals surface area (Å²) in [6.07, 6.45) is -2.73. The van der Waals surface area contributed by atoms with Crippen LogP contribution in [-0.2, 0) is 16.1 Å². The van der Waals surface area contributed by atoms with Gasteiger partial charge in [-0.1, -0.05) is 0 Å². The van der Waals surface area contributed by atoms with Gasteiger partial charge in [-0.3, -0.25) is 9.48 Å². The Bertz CT molecular complexity index is 799. The number of anilines is 1. The van der Waals surface area contributed by atoms with Gasteiger partial charge < -0.3 is 10.1 Å². The molecule has 2 heterocycles. The molecule has 136 valence electrons. The highest BCUT2D eigenvalue weighted by atomic mass is 32.1. The Morgan fingerprint density at radius 1 is 1.36 bits per heavy atom. The van der Waals surface area contributed by atoms with E-state index in [0.29, 0.717) is 16.3 Å². The molecule has 0 saturated carbocycles. The maximum absolute atomic E-state index is 13.0. The summed E-state index contributed by atoms with van der Waals surface area (Å²) >= 11 is 1.24. The van der Waals surface area contributed by atoms with Crippen LogP contribution in [0.15, 0.2) is 6.07 Å². The van der Waals surface area contributed by atoms with Crippen LogP contribution in [0, 0.1) is 20.8 Å². The zero-order valence-corrected chi connectivity index (χ0v) is 15.2. The van der Waals surface area contributed by atoms with E-state index >= 15 is 0 Å². The summed E-state index contributed by atoms with van der Waals surface area (Å²) in [5, 5.41) is 6.87. The van der Waals surface area contributed by atoms with E-state index in [0.717, 1.165) is 15.1 Å². The Morgan fingerprint density at radius 2 is 2.04 bits per heavy atom. The number of halogens is 2. The van der Waals surface area contributed by atoms with Crippen molar-refractivity contribution in [1.82, 2.24) is 9.78 Å². The number of rotatable bonds is 6. The summed E-state index contributed by atoms with van der Waals surface area (Å²) in [5.41, 5.74) is 1.10. The lowest BCUT2D eigenvalue weighted by Gasteiger charge is -2.09. The van der Waals surface area contributed by atoms with Gasteiger partial charge in [-0.25, -0.2) is 13.6 Å². The summed E-state index contributed by atoms with van der Waals surface area (Å²) in [5.74, 6) is -1.07. The van der Waals surface area contributed by atoms with E-state index in [1.165, 1.54) is 17.4 Å². The van der Waals surface area contributed by atoms with Crippen molar-refractivity contribution in [1.29, 1.82) is 0 Å². The van der Waals surface area contributed by atoms with Crippen LogP contribution in [0.5, 0.6) is 0 Å². The number of carbonyl (C=O) groups is 2. The van der Waals surface area contributed by atoms with Gasteiger partial charge in [0.05, 0.1) is 17.9 Å². The molecule has 1 N–H and O–H groups in total. The van der Waals surface area contributed by atoms with Crippen molar-refractivity contribution in [3.05, 3.63) is 33.5 Å². The molecule has 2 aromatic heterocycles. The molecule has 0 bridgehead atoms. The average Bonchev–Trinajstić information content (AvgIpc) is 3.00. The fourth-order valence-electron chi connectivity index (χ4n) is 2.33. The zero-order chi connectivity index (χ0) is 18.7. The molecule has 0 radical (unpaired) electrons. The molecule has 0 atom stereocenters. The lowest BCUT2D eigenvalue weighted by molar-refractivity contribution is -0.117. The second-order valence-electron chi connectivity index (χ2n) is 5.42. The van der Waals surface area contributed by atoms with Gasteiger partial charge in [-0.2, -0.15) is 5.10 Å². The predicted molar refractivity (Wildman–Crippen MR) is 90.3 cm³/mol. The van der Waals surface area contributed by atoms with Crippen LogP contribution in [0.3, 0.4) is 0 Å². The summed E-state index contributed by atoms with van der Waals surface area (Å²) in [7, 11) is 0. The summed E-state index contributed by atoms with van der Waals surface area (Å²) in [6, 6.07) is 1.24. The highest BCUT2D eigenvalue weighted by Crippen LogP contribution is 2.33. The highest BCUT2D eigenvalue weighted by Gasteiger charge is 2.23. The Balaban J connectivity index is 2.21. The number of amides is 1. The van der Waals surface area contributed by atoms with Gasteiger partial charge >= 0.3 is 5.97 Å². The van der Waals surface area contributed by atoms with Crippen molar-refractivity contribution >= 4 is 28.2 Å². The molecule has 0 spiro atoms. The van der Waals surface area contributed by atoms with Gasteiger partial charge in [-0.05, 0) is 39.3 Å². The van der Waals surface area contributed by atoms with Gasteiger partial charge in [-0.15, -0.1) is 11.3 Å². The molecular formula is C16H19F2N3O3S. The number of ether oxygens (including phenoxy) is 1. The molecule has 9 heteroatoms. The second-order valence-corrected chi connectivity index (χ2v) is 6.65. The van der Waals surface area contributed by atoms with Gasteiger partial charge in [0.15, 0.2) is 0 Å². The number of thiophene rings is 1. The number of nitrogens with zero attached hydrogens (tertiary/aromatic N) is 2. The molecule has 0 unspecified atom stereocenters. The summed E-state index contributed by atoms with van der Waals surface area (Å²) in [4.78, 5) is 25.2.